The van der Waals surface area contributed by atoms with Crippen molar-refractivity contribution < 1.29 is 9.90 Å². The van der Waals surface area contributed by atoms with Crippen molar-refractivity contribution >= 4 is 45.6 Å². The van der Waals surface area contributed by atoms with E-state index in [9.17, 15) is 9.90 Å². The predicted octanol–water partition coefficient (Wildman–Crippen LogP) is 3.37. The molecule has 0 unspecified atom stereocenters. The normalized spacial score (nSPS) is 11.0. The van der Waals surface area contributed by atoms with Gasteiger partial charge < -0.3 is 10.4 Å². The summed E-state index contributed by atoms with van der Waals surface area (Å²) in [6.07, 6.45) is 4.54. The second-order valence-corrected chi connectivity index (χ2v) is 5.52. The lowest BCUT2D eigenvalue weighted by atomic mass is 10.2. The van der Waals surface area contributed by atoms with E-state index in [1.165, 1.54) is 10.7 Å². The van der Waals surface area contributed by atoms with E-state index >= 15 is 0 Å². The largest absolute Gasteiger partial charge is 0.477 e. The smallest absolute Gasteiger partial charge is 0.341 e. The number of nitrogens with zero attached hydrogens (tertiary/aromatic N) is 4. The Morgan fingerprint density at radius 1 is 1.17 bits per heavy atom. The van der Waals surface area contributed by atoms with Crippen molar-refractivity contribution in [3.05, 3.63) is 59.5 Å². The molecule has 0 aliphatic heterocycles. The minimum atomic E-state index is -1.09. The van der Waals surface area contributed by atoms with E-state index in [-0.39, 0.29) is 11.2 Å². The van der Waals surface area contributed by atoms with Crippen molar-refractivity contribution in [2.24, 2.45) is 0 Å². The number of hydrogen-bond acceptors (Lipinski definition) is 5. The van der Waals surface area contributed by atoms with Gasteiger partial charge in [-0.3, -0.25) is 4.98 Å². The molecule has 0 saturated heterocycles. The molecule has 0 amide bonds. The number of carbonyl (C=O) groups is 1. The van der Waals surface area contributed by atoms with Gasteiger partial charge in [0.15, 0.2) is 5.65 Å². The van der Waals surface area contributed by atoms with Crippen LogP contribution in [0.4, 0.5) is 11.5 Å². The van der Waals surface area contributed by atoms with E-state index in [2.05, 4.69) is 20.4 Å². The summed E-state index contributed by atoms with van der Waals surface area (Å²) in [5.41, 5.74) is 1.72. The van der Waals surface area contributed by atoms with Crippen LogP contribution in [0.2, 0.25) is 5.02 Å². The average Bonchev–Trinajstić information content (AvgIpc) is 3.01. The highest BCUT2D eigenvalue weighted by Crippen LogP contribution is 2.27. The maximum absolute atomic E-state index is 11.4. The highest BCUT2D eigenvalue weighted by molar-refractivity contribution is 6.30. The van der Waals surface area contributed by atoms with Gasteiger partial charge in [-0.15, -0.1) is 0 Å². The fourth-order valence-corrected chi connectivity index (χ4v) is 2.59. The Balaban J connectivity index is 1.96. The maximum Gasteiger partial charge on any atom is 0.341 e. The summed E-state index contributed by atoms with van der Waals surface area (Å²) in [5.74, 6) is -0.566. The Hall–Kier alpha value is -3.19. The minimum absolute atomic E-state index is 0.0277. The highest BCUT2D eigenvalue weighted by Gasteiger charge is 2.17. The summed E-state index contributed by atoms with van der Waals surface area (Å²) in [5, 5.41) is 18.0. The maximum atomic E-state index is 11.4. The van der Waals surface area contributed by atoms with Gasteiger partial charge in [0, 0.05) is 22.3 Å². The number of aromatic nitrogens is 4. The predicted molar refractivity (Wildman–Crippen MR) is 90.0 cm³/mol. The quantitative estimate of drug-likeness (QED) is 0.594. The van der Waals surface area contributed by atoms with Gasteiger partial charge in [-0.05, 0) is 30.3 Å². The molecule has 7 nitrogen and oxygen atoms in total. The zero-order valence-corrected chi connectivity index (χ0v) is 12.9. The third kappa shape index (κ3) is 2.31. The van der Waals surface area contributed by atoms with Gasteiger partial charge in [-0.2, -0.15) is 5.10 Å². The molecule has 0 spiro atoms. The van der Waals surface area contributed by atoms with Crippen LogP contribution in [0, 0.1) is 0 Å². The lowest BCUT2D eigenvalue weighted by Crippen LogP contribution is -2.03. The first kappa shape index (κ1) is 14.4. The summed E-state index contributed by atoms with van der Waals surface area (Å²) in [6.45, 7) is 0. The van der Waals surface area contributed by atoms with Crippen LogP contribution < -0.4 is 5.32 Å². The minimum Gasteiger partial charge on any atom is -0.477 e. The van der Waals surface area contributed by atoms with E-state index in [4.69, 9.17) is 11.6 Å². The van der Waals surface area contributed by atoms with E-state index in [0.717, 1.165) is 11.1 Å². The first-order valence-electron chi connectivity index (χ1n) is 7.01. The Bertz CT molecular complexity index is 1080. The number of aromatic carboxylic acids is 1. The topological polar surface area (TPSA) is 92.4 Å². The van der Waals surface area contributed by atoms with Crippen LogP contribution in [0.15, 0.2) is 48.9 Å². The van der Waals surface area contributed by atoms with Crippen molar-refractivity contribution in [1.29, 1.82) is 0 Å². The third-order valence-corrected chi connectivity index (χ3v) is 3.83. The Morgan fingerprint density at radius 2 is 1.96 bits per heavy atom. The van der Waals surface area contributed by atoms with Crippen LogP contribution in [0.25, 0.3) is 16.6 Å². The number of benzene rings is 1. The molecule has 3 aromatic heterocycles. The molecule has 1 aromatic carbocycles. The second kappa shape index (κ2) is 5.47. The number of fused-ring (bicyclic) bond motifs is 3. The molecule has 0 atom stereocenters. The van der Waals surface area contributed by atoms with Crippen molar-refractivity contribution in [2.45, 2.75) is 0 Å². The van der Waals surface area contributed by atoms with Gasteiger partial charge in [0.25, 0.3) is 0 Å². The third-order valence-electron chi connectivity index (χ3n) is 3.58. The number of halogens is 1. The highest BCUT2D eigenvalue weighted by atomic mass is 35.5. The molecule has 0 radical (unpaired) electrons. The fraction of sp³-hybridized carbons (Fsp3) is 0. The SMILES string of the molecule is O=C(O)c1cnn2c1nc(Nc1ccc(Cl)cc1)c1ccncc12. The first-order chi connectivity index (χ1) is 11.6. The summed E-state index contributed by atoms with van der Waals surface area (Å²) >= 11 is 5.90. The number of pyridine rings is 1. The molecule has 0 bridgehead atoms. The fourth-order valence-electron chi connectivity index (χ4n) is 2.46. The van der Waals surface area contributed by atoms with Gasteiger partial charge in [-0.1, -0.05) is 11.6 Å². The molecule has 118 valence electrons. The molecule has 2 N–H and O–H groups in total. The molecule has 0 saturated carbocycles. The number of nitrogens with one attached hydrogen (secondary N) is 1. The summed E-state index contributed by atoms with van der Waals surface area (Å²) < 4.78 is 1.47. The summed E-state index contributed by atoms with van der Waals surface area (Å²) in [6, 6.07) is 8.94. The Kier molecular flexibility index (Phi) is 3.28. The second-order valence-electron chi connectivity index (χ2n) is 5.08. The molecule has 0 fully saturated rings. The standard InChI is InChI=1S/C16H10ClN5O2/c17-9-1-3-10(4-2-9)20-14-11-5-6-18-8-13(11)22-15(21-14)12(7-19-22)16(23)24/h1-8H,(H,20,21)(H,23,24). The van der Waals surface area contributed by atoms with Crippen LogP contribution >= 0.6 is 11.6 Å². The van der Waals surface area contributed by atoms with E-state index in [1.54, 1.807) is 30.6 Å². The van der Waals surface area contributed by atoms with Crippen LogP contribution in [-0.4, -0.2) is 30.7 Å². The zero-order chi connectivity index (χ0) is 16.7. The summed E-state index contributed by atoms with van der Waals surface area (Å²) in [4.78, 5) is 19.9. The van der Waals surface area contributed by atoms with Gasteiger partial charge in [-0.25, -0.2) is 14.3 Å². The average molecular weight is 340 g/mol. The van der Waals surface area contributed by atoms with Crippen LogP contribution in [0.1, 0.15) is 10.4 Å². The Labute approximate surface area is 140 Å². The van der Waals surface area contributed by atoms with Crippen LogP contribution in [0.5, 0.6) is 0 Å². The number of carboxylic acid groups (broad SMARTS) is 1. The summed E-state index contributed by atoms with van der Waals surface area (Å²) in [7, 11) is 0. The van der Waals surface area contributed by atoms with Crippen molar-refractivity contribution in [3.8, 4) is 0 Å². The molecule has 3 heterocycles. The van der Waals surface area contributed by atoms with Crippen LogP contribution in [-0.2, 0) is 0 Å². The molecule has 4 rings (SSSR count). The molecular formula is C16H10ClN5O2. The molecule has 0 aliphatic carbocycles. The lowest BCUT2D eigenvalue weighted by Gasteiger charge is -2.10. The molecule has 8 heteroatoms. The number of rotatable bonds is 3. The van der Waals surface area contributed by atoms with Gasteiger partial charge in [0.05, 0.1) is 17.9 Å². The van der Waals surface area contributed by atoms with Gasteiger partial charge in [0.1, 0.15) is 11.4 Å². The number of hydrogen-bond donors (Lipinski definition) is 2. The van der Waals surface area contributed by atoms with Gasteiger partial charge >= 0.3 is 5.97 Å². The van der Waals surface area contributed by atoms with E-state index in [0.29, 0.717) is 16.4 Å². The molecule has 0 aliphatic rings. The van der Waals surface area contributed by atoms with Crippen molar-refractivity contribution in [1.82, 2.24) is 19.6 Å². The van der Waals surface area contributed by atoms with Crippen molar-refractivity contribution in [3.63, 3.8) is 0 Å². The van der Waals surface area contributed by atoms with Gasteiger partial charge in [0.2, 0.25) is 0 Å². The van der Waals surface area contributed by atoms with Crippen molar-refractivity contribution in [2.75, 3.05) is 5.32 Å². The van der Waals surface area contributed by atoms with E-state index < -0.39 is 5.97 Å². The molecule has 24 heavy (non-hydrogen) atoms. The van der Waals surface area contributed by atoms with E-state index in [1.807, 2.05) is 12.1 Å². The molecule has 4 aromatic rings. The first-order valence-corrected chi connectivity index (χ1v) is 7.38. The number of carboxylic acids is 1. The monoisotopic (exact) mass is 339 g/mol. The number of anilines is 2. The Morgan fingerprint density at radius 3 is 2.71 bits per heavy atom. The molecular weight excluding hydrogens is 330 g/mol. The van der Waals surface area contributed by atoms with Crippen LogP contribution in [0.3, 0.4) is 0 Å². The zero-order valence-electron chi connectivity index (χ0n) is 12.1. The lowest BCUT2D eigenvalue weighted by molar-refractivity contribution is 0.0699.